The second-order valence-corrected chi connectivity index (χ2v) is 5.45. The van der Waals surface area contributed by atoms with Crippen molar-refractivity contribution in [1.82, 2.24) is 0 Å². The smallest absolute Gasteiger partial charge is 0.293 e. The van der Waals surface area contributed by atoms with Crippen molar-refractivity contribution in [2.24, 2.45) is 4.99 Å². The van der Waals surface area contributed by atoms with Gasteiger partial charge in [0.05, 0.1) is 5.56 Å². The van der Waals surface area contributed by atoms with Crippen LogP contribution < -0.4 is 4.74 Å². The Bertz CT molecular complexity index is 734. The molecular formula is C16H11ClFNO2. The largest absolute Gasteiger partial charge is 0.448 e. The first-order chi connectivity index (χ1) is 10.2. The van der Waals surface area contributed by atoms with Crippen LogP contribution in [0.25, 0.3) is 0 Å². The number of alkyl halides is 1. The molecule has 0 unspecified atom stereocenters. The number of nitrogens with zero attached hydrogens (tertiary/aromatic N) is 1. The van der Waals surface area contributed by atoms with Gasteiger partial charge in [-0.15, -0.1) is 11.6 Å². The molecule has 2 atom stereocenters. The molecule has 4 rings (SSSR count). The van der Waals surface area contributed by atoms with Crippen LogP contribution in [0.4, 0.5) is 4.39 Å². The van der Waals surface area contributed by atoms with Crippen molar-refractivity contribution in [3.05, 3.63) is 65.5 Å². The number of fused-ring (bicyclic) bond motifs is 1. The van der Waals surface area contributed by atoms with E-state index in [0.29, 0.717) is 17.2 Å². The molecule has 0 saturated carbocycles. The molecule has 1 spiro atoms. The molecule has 5 heteroatoms. The molecule has 0 bridgehead atoms. The number of aliphatic imine (C=N–C) groups is 1. The Kier molecular flexibility index (Phi) is 2.69. The minimum atomic E-state index is -1.16. The molecule has 3 nitrogen and oxygen atoms in total. The predicted molar refractivity (Wildman–Crippen MR) is 77.3 cm³/mol. The van der Waals surface area contributed by atoms with Crippen LogP contribution in [0.3, 0.4) is 0 Å². The van der Waals surface area contributed by atoms with Crippen LogP contribution in [-0.2, 0) is 4.74 Å². The highest BCUT2D eigenvalue weighted by Gasteiger charge is 2.54. The molecule has 106 valence electrons. The van der Waals surface area contributed by atoms with E-state index in [9.17, 15) is 4.39 Å². The van der Waals surface area contributed by atoms with Crippen LogP contribution in [0.1, 0.15) is 16.5 Å². The first-order valence-electron chi connectivity index (χ1n) is 6.60. The molecule has 0 aliphatic carbocycles. The molecule has 2 aliphatic rings. The topological polar surface area (TPSA) is 30.8 Å². The monoisotopic (exact) mass is 303 g/mol. The van der Waals surface area contributed by atoms with Gasteiger partial charge in [0.25, 0.3) is 5.79 Å². The molecule has 0 saturated heterocycles. The van der Waals surface area contributed by atoms with Crippen molar-refractivity contribution < 1.29 is 13.9 Å². The number of hydrogen-bond acceptors (Lipinski definition) is 3. The van der Waals surface area contributed by atoms with Gasteiger partial charge >= 0.3 is 0 Å². The van der Waals surface area contributed by atoms with E-state index in [0.717, 1.165) is 5.56 Å². The summed E-state index contributed by atoms with van der Waals surface area (Å²) in [5.41, 5.74) is 1.18. The molecule has 21 heavy (non-hydrogen) atoms. The average Bonchev–Trinajstić information content (AvgIpc) is 3.04. The third-order valence-electron chi connectivity index (χ3n) is 3.67. The minimum absolute atomic E-state index is 0.236. The van der Waals surface area contributed by atoms with Gasteiger partial charge in [0.15, 0.2) is 0 Å². The van der Waals surface area contributed by atoms with Gasteiger partial charge in [-0.1, -0.05) is 24.3 Å². The summed E-state index contributed by atoms with van der Waals surface area (Å²) >= 11 is 6.40. The highest BCUT2D eigenvalue weighted by atomic mass is 35.5. The van der Waals surface area contributed by atoms with Gasteiger partial charge in [0.2, 0.25) is 5.90 Å². The first kappa shape index (κ1) is 12.7. The molecule has 0 radical (unpaired) electrons. The molecule has 0 amide bonds. The van der Waals surface area contributed by atoms with Crippen LogP contribution >= 0.6 is 11.6 Å². The molecule has 0 fully saturated rings. The quantitative estimate of drug-likeness (QED) is 0.753. The number of benzene rings is 2. The van der Waals surface area contributed by atoms with E-state index >= 15 is 0 Å². The summed E-state index contributed by atoms with van der Waals surface area (Å²) in [5.74, 6) is -0.660. The molecule has 0 N–H and O–H groups in total. The normalized spacial score (nSPS) is 26.2. The van der Waals surface area contributed by atoms with E-state index < -0.39 is 11.2 Å². The maximum atomic E-state index is 13.9. The Balaban J connectivity index is 1.67. The number of hydrogen-bond donors (Lipinski definition) is 0. The van der Waals surface area contributed by atoms with Crippen molar-refractivity contribution in [3.63, 3.8) is 0 Å². The Morgan fingerprint density at radius 3 is 2.67 bits per heavy atom. The molecular weight excluding hydrogens is 293 g/mol. The number of ether oxygens (including phenoxy) is 2. The number of rotatable bonds is 1. The lowest BCUT2D eigenvalue weighted by Crippen LogP contribution is -2.40. The van der Waals surface area contributed by atoms with Crippen molar-refractivity contribution in [2.75, 3.05) is 6.54 Å². The molecule has 2 heterocycles. The second kappa shape index (κ2) is 4.46. The van der Waals surface area contributed by atoms with E-state index in [2.05, 4.69) is 4.99 Å². The van der Waals surface area contributed by atoms with Gasteiger partial charge in [-0.05, 0) is 24.3 Å². The summed E-state index contributed by atoms with van der Waals surface area (Å²) in [6.07, 6.45) is 0. The minimum Gasteiger partial charge on any atom is -0.448 e. The van der Waals surface area contributed by atoms with E-state index in [-0.39, 0.29) is 12.4 Å². The van der Waals surface area contributed by atoms with Gasteiger partial charge in [0.1, 0.15) is 23.5 Å². The third kappa shape index (κ3) is 1.83. The summed E-state index contributed by atoms with van der Waals surface area (Å²) in [7, 11) is 0. The fourth-order valence-electron chi connectivity index (χ4n) is 2.64. The summed E-state index contributed by atoms with van der Waals surface area (Å²) in [4.78, 5) is 4.37. The first-order valence-corrected chi connectivity index (χ1v) is 7.04. The lowest BCUT2D eigenvalue weighted by Gasteiger charge is -2.25. The predicted octanol–water partition coefficient (Wildman–Crippen LogP) is 3.67. The summed E-state index contributed by atoms with van der Waals surface area (Å²) in [6.45, 7) is 0.236. The summed E-state index contributed by atoms with van der Waals surface area (Å²) in [5, 5.41) is -0.737. The van der Waals surface area contributed by atoms with Crippen molar-refractivity contribution in [1.29, 1.82) is 0 Å². The van der Waals surface area contributed by atoms with Crippen LogP contribution in [0.2, 0.25) is 0 Å². The standard InChI is InChI=1S/C16H11ClFNO2/c17-14-13-11(18)7-4-8-12(13)20-16(14)9-19-15(21-16)10-5-2-1-3-6-10/h1-8,14H,9H2/t14-,16+/m0/s1. The van der Waals surface area contributed by atoms with Crippen LogP contribution in [-0.4, -0.2) is 18.2 Å². The Hall–Kier alpha value is -2.07. The van der Waals surface area contributed by atoms with E-state index in [4.69, 9.17) is 21.1 Å². The zero-order chi connectivity index (χ0) is 14.4. The number of halogens is 2. The maximum Gasteiger partial charge on any atom is 0.293 e. The highest BCUT2D eigenvalue weighted by molar-refractivity contribution is 6.22. The lowest BCUT2D eigenvalue weighted by atomic mass is 10.1. The van der Waals surface area contributed by atoms with Gasteiger partial charge in [0, 0.05) is 5.56 Å². The summed E-state index contributed by atoms with van der Waals surface area (Å²) in [6, 6.07) is 14.1. The van der Waals surface area contributed by atoms with Crippen LogP contribution in [0.5, 0.6) is 5.75 Å². The zero-order valence-electron chi connectivity index (χ0n) is 10.9. The fourth-order valence-corrected chi connectivity index (χ4v) is 3.01. The van der Waals surface area contributed by atoms with E-state index in [1.54, 1.807) is 12.1 Å². The Labute approximate surface area is 126 Å². The molecule has 2 aliphatic heterocycles. The SMILES string of the molecule is Fc1cccc2c1[C@H](Cl)[C@]1(CN=C(c3ccccc3)O1)O2. The highest BCUT2D eigenvalue weighted by Crippen LogP contribution is 2.50. The fraction of sp³-hybridized carbons (Fsp3) is 0.188. The van der Waals surface area contributed by atoms with Gasteiger partial charge in [-0.25, -0.2) is 9.38 Å². The van der Waals surface area contributed by atoms with E-state index in [1.165, 1.54) is 6.07 Å². The van der Waals surface area contributed by atoms with Crippen LogP contribution in [0, 0.1) is 5.82 Å². The third-order valence-corrected chi connectivity index (χ3v) is 4.22. The van der Waals surface area contributed by atoms with Crippen molar-refractivity contribution in [3.8, 4) is 5.75 Å². The van der Waals surface area contributed by atoms with Crippen LogP contribution in [0.15, 0.2) is 53.5 Å². The van der Waals surface area contributed by atoms with Crippen molar-refractivity contribution in [2.45, 2.75) is 11.2 Å². The average molecular weight is 304 g/mol. The van der Waals surface area contributed by atoms with Gasteiger partial charge in [-0.3, -0.25) is 0 Å². The van der Waals surface area contributed by atoms with E-state index in [1.807, 2.05) is 30.3 Å². The molecule has 2 aromatic rings. The molecule has 2 aromatic carbocycles. The van der Waals surface area contributed by atoms with Gasteiger partial charge in [-0.2, -0.15) is 0 Å². The lowest BCUT2D eigenvalue weighted by molar-refractivity contribution is -0.0865. The summed E-state index contributed by atoms with van der Waals surface area (Å²) < 4.78 is 25.6. The maximum absolute atomic E-state index is 13.9. The second-order valence-electron chi connectivity index (χ2n) is 5.02. The van der Waals surface area contributed by atoms with Gasteiger partial charge < -0.3 is 9.47 Å². The Morgan fingerprint density at radius 1 is 1.10 bits per heavy atom. The molecule has 0 aromatic heterocycles. The zero-order valence-corrected chi connectivity index (χ0v) is 11.7. The van der Waals surface area contributed by atoms with Crippen molar-refractivity contribution >= 4 is 17.5 Å². The Morgan fingerprint density at radius 2 is 1.90 bits per heavy atom.